The summed E-state index contributed by atoms with van der Waals surface area (Å²) in [7, 11) is 0. The molecule has 1 unspecified atom stereocenters. The van der Waals surface area contributed by atoms with E-state index in [2.05, 4.69) is 20.8 Å². The molecule has 0 bridgehead atoms. The van der Waals surface area contributed by atoms with Crippen LogP contribution in [-0.2, 0) is 4.79 Å². The number of carboxylic acids is 1. The van der Waals surface area contributed by atoms with E-state index in [1.807, 2.05) is 37.3 Å². The maximum Gasteiger partial charge on any atom is 0.305 e. The molecule has 0 aliphatic heterocycles. The molecule has 0 amide bonds. The van der Waals surface area contributed by atoms with Crippen LogP contribution in [0.2, 0.25) is 0 Å². The second kappa shape index (κ2) is 5.94. The zero-order valence-electron chi connectivity index (χ0n) is 10.5. The smallest absolute Gasteiger partial charge is 0.305 e. The molecule has 0 spiro atoms. The highest BCUT2D eigenvalue weighted by Crippen LogP contribution is 2.13. The average Bonchev–Trinajstić information content (AvgIpc) is 2.86. The number of rotatable bonds is 6. The Hall–Kier alpha value is -2.44. The Kier molecular flexibility index (Phi) is 4.07. The van der Waals surface area contributed by atoms with Crippen molar-refractivity contribution in [3.8, 4) is 5.69 Å². The third kappa shape index (κ3) is 3.27. The molecular formula is C12H15N5O2. The highest BCUT2D eigenvalue weighted by molar-refractivity contribution is 5.68. The lowest BCUT2D eigenvalue weighted by atomic mass is 10.1. The Bertz CT molecular complexity index is 540. The molecule has 1 aromatic carbocycles. The first kappa shape index (κ1) is 13.0. The van der Waals surface area contributed by atoms with Crippen LogP contribution in [0.5, 0.6) is 0 Å². The van der Waals surface area contributed by atoms with E-state index in [-0.39, 0.29) is 12.5 Å². The molecular weight excluding hydrogens is 246 g/mol. The quantitative estimate of drug-likeness (QED) is 0.814. The van der Waals surface area contributed by atoms with Crippen molar-refractivity contribution in [1.82, 2.24) is 20.2 Å². The number of tetrazole rings is 1. The number of carbonyl (C=O) groups is 1. The van der Waals surface area contributed by atoms with Gasteiger partial charge in [0.2, 0.25) is 5.95 Å². The third-order valence-corrected chi connectivity index (χ3v) is 2.72. The number of carboxylic acid groups (broad SMARTS) is 1. The van der Waals surface area contributed by atoms with Crippen molar-refractivity contribution in [2.75, 3.05) is 5.32 Å². The molecule has 1 heterocycles. The molecule has 0 radical (unpaired) electrons. The maximum absolute atomic E-state index is 10.8. The number of hydrogen-bond acceptors (Lipinski definition) is 5. The predicted octanol–water partition coefficient (Wildman–Crippen LogP) is 1.33. The van der Waals surface area contributed by atoms with Crippen molar-refractivity contribution in [3.63, 3.8) is 0 Å². The average molecular weight is 261 g/mol. The van der Waals surface area contributed by atoms with Crippen LogP contribution in [0.4, 0.5) is 5.95 Å². The Balaban J connectivity index is 2.18. The van der Waals surface area contributed by atoms with Gasteiger partial charge in [0.1, 0.15) is 0 Å². The van der Waals surface area contributed by atoms with E-state index in [0.29, 0.717) is 12.4 Å². The first-order chi connectivity index (χ1) is 9.20. The van der Waals surface area contributed by atoms with Crippen molar-refractivity contribution in [2.45, 2.75) is 25.8 Å². The van der Waals surface area contributed by atoms with Crippen LogP contribution in [0.25, 0.3) is 5.69 Å². The summed E-state index contributed by atoms with van der Waals surface area (Å²) in [6.45, 7) is 1.91. The summed E-state index contributed by atoms with van der Waals surface area (Å²) in [6, 6.07) is 9.22. The Labute approximate surface area is 110 Å². The fourth-order valence-electron chi connectivity index (χ4n) is 1.71. The zero-order valence-corrected chi connectivity index (χ0v) is 10.5. The van der Waals surface area contributed by atoms with Gasteiger partial charge in [-0.15, -0.1) is 0 Å². The molecule has 0 saturated carbocycles. The van der Waals surface area contributed by atoms with Crippen molar-refractivity contribution in [1.29, 1.82) is 0 Å². The van der Waals surface area contributed by atoms with Crippen molar-refractivity contribution in [3.05, 3.63) is 30.3 Å². The second-order valence-electron chi connectivity index (χ2n) is 4.10. The maximum atomic E-state index is 10.8. The summed E-state index contributed by atoms with van der Waals surface area (Å²) in [4.78, 5) is 10.8. The molecule has 100 valence electrons. The molecule has 2 N–H and O–H groups in total. The second-order valence-corrected chi connectivity index (χ2v) is 4.10. The minimum atomic E-state index is -0.849. The minimum absolute atomic E-state index is 0.0259. The third-order valence-electron chi connectivity index (χ3n) is 2.72. The van der Waals surface area contributed by atoms with Crippen molar-refractivity contribution >= 4 is 11.9 Å². The van der Waals surface area contributed by atoms with Gasteiger partial charge in [0.25, 0.3) is 0 Å². The van der Waals surface area contributed by atoms with Gasteiger partial charge in [-0.25, -0.2) is 0 Å². The Morgan fingerprint density at radius 1 is 1.42 bits per heavy atom. The Morgan fingerprint density at radius 3 is 2.79 bits per heavy atom. The minimum Gasteiger partial charge on any atom is -0.481 e. The van der Waals surface area contributed by atoms with Gasteiger partial charge >= 0.3 is 5.97 Å². The number of aromatic nitrogens is 4. The van der Waals surface area contributed by atoms with E-state index >= 15 is 0 Å². The number of benzene rings is 1. The van der Waals surface area contributed by atoms with Crippen LogP contribution in [0.1, 0.15) is 19.8 Å². The van der Waals surface area contributed by atoms with Gasteiger partial charge in [0, 0.05) is 6.04 Å². The lowest BCUT2D eigenvalue weighted by Crippen LogP contribution is -2.24. The summed E-state index contributed by atoms with van der Waals surface area (Å²) >= 11 is 0. The number of nitrogens with zero attached hydrogens (tertiary/aromatic N) is 4. The summed E-state index contributed by atoms with van der Waals surface area (Å²) in [5.41, 5.74) is 0.820. The van der Waals surface area contributed by atoms with E-state index in [4.69, 9.17) is 5.11 Å². The van der Waals surface area contributed by atoms with Gasteiger partial charge < -0.3 is 10.4 Å². The van der Waals surface area contributed by atoms with Gasteiger partial charge in [-0.2, -0.15) is 4.68 Å². The van der Waals surface area contributed by atoms with E-state index in [9.17, 15) is 4.79 Å². The first-order valence-corrected chi connectivity index (χ1v) is 6.03. The van der Waals surface area contributed by atoms with Crippen molar-refractivity contribution in [2.24, 2.45) is 0 Å². The van der Waals surface area contributed by atoms with Crippen LogP contribution >= 0.6 is 0 Å². The molecule has 0 saturated heterocycles. The summed E-state index contributed by atoms with van der Waals surface area (Å²) in [5.74, 6) is -0.405. The van der Waals surface area contributed by atoms with Gasteiger partial charge in [-0.05, 0) is 29.0 Å². The van der Waals surface area contributed by atoms with E-state index in [1.54, 1.807) is 4.68 Å². The van der Waals surface area contributed by atoms with Crippen LogP contribution in [-0.4, -0.2) is 37.3 Å². The summed E-state index contributed by atoms with van der Waals surface area (Å²) in [6.07, 6.45) is 0.700. The fraction of sp³-hybridized carbons (Fsp3) is 0.333. The molecule has 7 nitrogen and oxygen atoms in total. The fourth-order valence-corrected chi connectivity index (χ4v) is 1.71. The predicted molar refractivity (Wildman–Crippen MR) is 69.1 cm³/mol. The normalized spacial score (nSPS) is 12.1. The number of anilines is 1. The van der Waals surface area contributed by atoms with Crippen molar-refractivity contribution < 1.29 is 9.90 Å². The zero-order chi connectivity index (χ0) is 13.7. The van der Waals surface area contributed by atoms with Gasteiger partial charge in [0.05, 0.1) is 12.1 Å². The monoisotopic (exact) mass is 261 g/mol. The van der Waals surface area contributed by atoms with E-state index in [0.717, 1.165) is 5.69 Å². The van der Waals surface area contributed by atoms with Crippen LogP contribution in [0.15, 0.2) is 30.3 Å². The topological polar surface area (TPSA) is 92.9 Å². The lowest BCUT2D eigenvalue weighted by molar-refractivity contribution is -0.137. The highest BCUT2D eigenvalue weighted by Gasteiger charge is 2.15. The first-order valence-electron chi connectivity index (χ1n) is 6.03. The number of aliphatic carboxylic acids is 1. The van der Waals surface area contributed by atoms with Gasteiger partial charge in [-0.3, -0.25) is 4.79 Å². The largest absolute Gasteiger partial charge is 0.481 e. The van der Waals surface area contributed by atoms with Crippen LogP contribution < -0.4 is 5.32 Å². The SMILES string of the molecule is CCC(CC(=O)O)Nc1nnnn1-c1ccccc1. The summed E-state index contributed by atoms with van der Waals surface area (Å²) < 4.78 is 1.55. The number of hydrogen-bond donors (Lipinski definition) is 2. The van der Waals surface area contributed by atoms with E-state index in [1.165, 1.54) is 0 Å². The molecule has 1 atom stereocenters. The van der Waals surface area contributed by atoms with Crippen LogP contribution in [0.3, 0.4) is 0 Å². The molecule has 2 aromatic rings. The van der Waals surface area contributed by atoms with E-state index < -0.39 is 5.97 Å². The Morgan fingerprint density at radius 2 is 2.16 bits per heavy atom. The molecule has 7 heteroatoms. The molecule has 1 aromatic heterocycles. The van der Waals surface area contributed by atoms with Gasteiger partial charge in [0.15, 0.2) is 0 Å². The molecule has 0 aliphatic rings. The number of nitrogens with one attached hydrogen (secondary N) is 1. The molecule has 0 aliphatic carbocycles. The van der Waals surface area contributed by atoms with Crippen LogP contribution in [0, 0.1) is 0 Å². The molecule has 19 heavy (non-hydrogen) atoms. The number of para-hydroxylation sites is 1. The molecule has 0 fully saturated rings. The molecule has 2 rings (SSSR count). The highest BCUT2D eigenvalue weighted by atomic mass is 16.4. The lowest BCUT2D eigenvalue weighted by Gasteiger charge is -2.15. The summed E-state index contributed by atoms with van der Waals surface area (Å²) in [5, 5.41) is 23.3. The standard InChI is InChI=1S/C12H15N5O2/c1-2-9(8-11(18)19)13-12-14-15-16-17(12)10-6-4-3-5-7-10/h3-7,9H,2,8H2,1H3,(H,18,19)(H,13,14,16). The van der Waals surface area contributed by atoms with Gasteiger partial charge in [-0.1, -0.05) is 30.2 Å².